The Hall–Kier alpha value is -2.38. The molecule has 0 saturated heterocycles. The second kappa shape index (κ2) is 4.64. The Balaban J connectivity index is 2.31. The van der Waals surface area contributed by atoms with E-state index in [2.05, 4.69) is 25.1 Å². The van der Waals surface area contributed by atoms with Crippen LogP contribution in [0.25, 0.3) is 11.2 Å². The maximum Gasteiger partial charge on any atom is 0.313 e. The molecule has 8 nitrogen and oxygen atoms in total. The van der Waals surface area contributed by atoms with Gasteiger partial charge in [-0.2, -0.15) is 0 Å². The van der Waals surface area contributed by atoms with E-state index in [0.717, 1.165) is 0 Å². The summed E-state index contributed by atoms with van der Waals surface area (Å²) in [4.78, 5) is 23.0. The highest BCUT2D eigenvalue weighted by Gasteiger charge is 2.10. The van der Waals surface area contributed by atoms with Gasteiger partial charge in [0, 0.05) is 0 Å². The molecule has 0 bridgehead atoms. The van der Waals surface area contributed by atoms with E-state index in [-0.39, 0.29) is 18.1 Å². The van der Waals surface area contributed by atoms with Crippen LogP contribution in [0.4, 0.5) is 5.82 Å². The minimum absolute atomic E-state index is 0.0505. The van der Waals surface area contributed by atoms with Gasteiger partial charge in [0.1, 0.15) is 12.7 Å². The van der Waals surface area contributed by atoms with Crippen molar-refractivity contribution >= 4 is 23.0 Å². The SMILES string of the molecule is CCOC(=O)Cc1nnc2ncnc(N)c2n1. The van der Waals surface area contributed by atoms with E-state index in [9.17, 15) is 4.79 Å². The number of rotatable bonds is 3. The summed E-state index contributed by atoms with van der Waals surface area (Å²) >= 11 is 0. The number of carbonyl (C=O) groups is 1. The Labute approximate surface area is 96.3 Å². The first-order valence-corrected chi connectivity index (χ1v) is 4.96. The van der Waals surface area contributed by atoms with Crippen molar-refractivity contribution in [3.8, 4) is 0 Å². The molecule has 0 aliphatic rings. The van der Waals surface area contributed by atoms with Crippen LogP contribution >= 0.6 is 0 Å². The van der Waals surface area contributed by atoms with Crippen molar-refractivity contribution < 1.29 is 9.53 Å². The number of aromatic nitrogens is 5. The monoisotopic (exact) mass is 234 g/mol. The molecule has 0 radical (unpaired) electrons. The van der Waals surface area contributed by atoms with Gasteiger partial charge in [0.15, 0.2) is 17.2 Å². The largest absolute Gasteiger partial charge is 0.466 e. The average molecular weight is 234 g/mol. The summed E-state index contributed by atoms with van der Waals surface area (Å²) in [6.45, 7) is 2.04. The lowest BCUT2D eigenvalue weighted by Gasteiger charge is -2.02. The second-order valence-corrected chi connectivity index (χ2v) is 3.14. The Bertz CT molecular complexity index is 558. The molecule has 0 spiro atoms. The van der Waals surface area contributed by atoms with Crippen LogP contribution in [0.3, 0.4) is 0 Å². The Morgan fingerprint density at radius 3 is 3.00 bits per heavy atom. The fourth-order valence-electron chi connectivity index (χ4n) is 1.24. The third kappa shape index (κ3) is 2.41. The lowest BCUT2D eigenvalue weighted by molar-refractivity contribution is -0.142. The molecule has 2 aromatic heterocycles. The van der Waals surface area contributed by atoms with E-state index in [4.69, 9.17) is 10.5 Å². The van der Waals surface area contributed by atoms with Crippen LogP contribution < -0.4 is 5.73 Å². The molecule has 0 saturated carbocycles. The maximum atomic E-state index is 11.2. The smallest absolute Gasteiger partial charge is 0.313 e. The zero-order valence-electron chi connectivity index (χ0n) is 9.12. The van der Waals surface area contributed by atoms with Crippen molar-refractivity contribution in [2.45, 2.75) is 13.3 Å². The quantitative estimate of drug-likeness (QED) is 0.706. The van der Waals surface area contributed by atoms with Crippen LogP contribution in [0, 0.1) is 0 Å². The van der Waals surface area contributed by atoms with Gasteiger partial charge < -0.3 is 10.5 Å². The van der Waals surface area contributed by atoms with Crippen molar-refractivity contribution in [2.24, 2.45) is 0 Å². The zero-order chi connectivity index (χ0) is 12.3. The first-order chi connectivity index (χ1) is 8.20. The number of hydrogen-bond donors (Lipinski definition) is 1. The number of nitrogens with zero attached hydrogens (tertiary/aromatic N) is 5. The molecule has 2 rings (SSSR count). The van der Waals surface area contributed by atoms with Gasteiger partial charge in [0.25, 0.3) is 0 Å². The molecule has 2 N–H and O–H groups in total. The fourth-order valence-corrected chi connectivity index (χ4v) is 1.24. The summed E-state index contributed by atoms with van der Waals surface area (Å²) in [7, 11) is 0. The van der Waals surface area contributed by atoms with Crippen LogP contribution in [0.5, 0.6) is 0 Å². The molecule has 0 fully saturated rings. The van der Waals surface area contributed by atoms with Crippen LogP contribution in [0.1, 0.15) is 12.7 Å². The maximum absolute atomic E-state index is 11.2. The van der Waals surface area contributed by atoms with Gasteiger partial charge in [-0.3, -0.25) is 4.79 Å². The molecule has 0 aliphatic carbocycles. The topological polar surface area (TPSA) is 117 Å². The predicted octanol–water partition coefficient (Wildman–Crippen LogP) is -0.497. The molecule has 0 atom stereocenters. The molecule has 2 aromatic rings. The third-order valence-corrected chi connectivity index (χ3v) is 1.94. The first-order valence-electron chi connectivity index (χ1n) is 4.96. The Morgan fingerprint density at radius 1 is 1.41 bits per heavy atom. The van der Waals surface area contributed by atoms with E-state index >= 15 is 0 Å². The van der Waals surface area contributed by atoms with E-state index in [1.54, 1.807) is 6.92 Å². The van der Waals surface area contributed by atoms with Crippen molar-refractivity contribution in [2.75, 3.05) is 12.3 Å². The van der Waals surface area contributed by atoms with Crippen molar-refractivity contribution in [1.29, 1.82) is 0 Å². The predicted molar refractivity (Wildman–Crippen MR) is 57.7 cm³/mol. The number of nitrogen functional groups attached to an aromatic ring is 1. The molecule has 88 valence electrons. The molecular formula is C9H10N6O2. The lowest BCUT2D eigenvalue weighted by atomic mass is 10.4. The van der Waals surface area contributed by atoms with Crippen molar-refractivity contribution in [1.82, 2.24) is 25.1 Å². The summed E-state index contributed by atoms with van der Waals surface area (Å²) in [6.07, 6.45) is 1.23. The second-order valence-electron chi connectivity index (χ2n) is 3.14. The van der Waals surface area contributed by atoms with E-state index in [1.807, 2.05) is 0 Å². The van der Waals surface area contributed by atoms with Crippen LogP contribution in [0.2, 0.25) is 0 Å². The summed E-state index contributed by atoms with van der Waals surface area (Å²) < 4.78 is 4.78. The molecule has 0 aromatic carbocycles. The molecule has 2 heterocycles. The third-order valence-electron chi connectivity index (χ3n) is 1.94. The Kier molecular flexibility index (Phi) is 3.03. The minimum Gasteiger partial charge on any atom is -0.466 e. The summed E-state index contributed by atoms with van der Waals surface area (Å²) in [5.74, 6) is 0.0246. The molecule has 8 heteroatoms. The fraction of sp³-hybridized carbons (Fsp3) is 0.333. The van der Waals surface area contributed by atoms with E-state index in [0.29, 0.717) is 17.8 Å². The van der Waals surface area contributed by atoms with Gasteiger partial charge in [-0.1, -0.05) is 0 Å². The van der Waals surface area contributed by atoms with Crippen LogP contribution in [-0.4, -0.2) is 37.7 Å². The number of fused-ring (bicyclic) bond motifs is 1. The van der Waals surface area contributed by atoms with Gasteiger partial charge in [0.2, 0.25) is 5.65 Å². The summed E-state index contributed by atoms with van der Waals surface area (Å²) in [5.41, 5.74) is 6.25. The molecule has 0 aliphatic heterocycles. The van der Waals surface area contributed by atoms with Gasteiger partial charge in [-0.25, -0.2) is 15.0 Å². The van der Waals surface area contributed by atoms with Crippen LogP contribution in [0.15, 0.2) is 6.33 Å². The van der Waals surface area contributed by atoms with Gasteiger partial charge in [-0.05, 0) is 6.92 Å². The highest BCUT2D eigenvalue weighted by atomic mass is 16.5. The minimum atomic E-state index is -0.413. The number of anilines is 1. The van der Waals surface area contributed by atoms with E-state index < -0.39 is 5.97 Å². The number of hydrogen-bond acceptors (Lipinski definition) is 8. The summed E-state index contributed by atoms with van der Waals surface area (Å²) in [5, 5.41) is 7.57. The van der Waals surface area contributed by atoms with Gasteiger partial charge in [-0.15, -0.1) is 10.2 Å². The van der Waals surface area contributed by atoms with Crippen molar-refractivity contribution in [3.63, 3.8) is 0 Å². The number of carbonyl (C=O) groups excluding carboxylic acids is 1. The van der Waals surface area contributed by atoms with Gasteiger partial charge in [0.05, 0.1) is 6.61 Å². The van der Waals surface area contributed by atoms with E-state index in [1.165, 1.54) is 6.33 Å². The number of ether oxygens (including phenoxy) is 1. The normalized spacial score (nSPS) is 10.4. The average Bonchev–Trinajstić information content (AvgIpc) is 2.30. The van der Waals surface area contributed by atoms with Gasteiger partial charge >= 0.3 is 5.97 Å². The molecule has 17 heavy (non-hydrogen) atoms. The first kappa shape index (κ1) is 11.1. The molecule has 0 unspecified atom stereocenters. The highest BCUT2D eigenvalue weighted by molar-refractivity contribution is 5.80. The molecular weight excluding hydrogens is 224 g/mol. The van der Waals surface area contributed by atoms with Crippen LogP contribution in [-0.2, 0) is 16.0 Å². The number of esters is 1. The lowest BCUT2D eigenvalue weighted by Crippen LogP contribution is -2.12. The number of nitrogens with two attached hydrogens (primary N) is 1. The Morgan fingerprint density at radius 2 is 2.24 bits per heavy atom. The summed E-state index contributed by atoms with van der Waals surface area (Å²) in [6, 6.07) is 0. The van der Waals surface area contributed by atoms with Crippen molar-refractivity contribution in [3.05, 3.63) is 12.2 Å². The highest BCUT2D eigenvalue weighted by Crippen LogP contribution is 2.10. The molecule has 0 amide bonds. The zero-order valence-corrected chi connectivity index (χ0v) is 9.12. The standard InChI is InChI=1S/C9H10N6O2/c1-2-17-6(16)3-5-13-7-8(10)11-4-12-9(7)15-14-5/h4H,2-3H2,1H3,(H2,10,11,12,15).